The van der Waals surface area contributed by atoms with E-state index in [1.54, 1.807) is 24.3 Å². The Morgan fingerprint density at radius 2 is 2.00 bits per heavy atom. The van der Waals surface area contributed by atoms with Crippen molar-refractivity contribution in [1.82, 2.24) is 4.72 Å². The molecule has 0 spiro atoms. The van der Waals surface area contributed by atoms with Gasteiger partial charge in [-0.05, 0) is 35.7 Å². The molecule has 28 heavy (non-hydrogen) atoms. The van der Waals surface area contributed by atoms with Gasteiger partial charge in [-0.1, -0.05) is 29.8 Å². The van der Waals surface area contributed by atoms with Crippen LogP contribution in [0.5, 0.6) is 5.75 Å². The summed E-state index contributed by atoms with van der Waals surface area (Å²) in [6, 6.07) is 9.17. The number of nitrogens with one attached hydrogen (secondary N) is 2. The third kappa shape index (κ3) is 4.32. The van der Waals surface area contributed by atoms with Crippen molar-refractivity contribution in [3.05, 3.63) is 52.5 Å². The second-order valence-corrected chi connectivity index (χ2v) is 9.94. The van der Waals surface area contributed by atoms with Crippen molar-refractivity contribution in [3.8, 4) is 5.75 Å². The first-order valence-corrected chi connectivity index (χ1v) is 11.6. The van der Waals surface area contributed by atoms with Crippen LogP contribution in [0.2, 0.25) is 5.02 Å². The number of phenols is 1. The molecule has 0 aliphatic carbocycles. The quantitative estimate of drug-likeness (QED) is 0.633. The number of anilines is 2. The zero-order chi connectivity index (χ0) is 20.7. The molecule has 1 fully saturated rings. The lowest BCUT2D eigenvalue weighted by Gasteiger charge is -2.17. The van der Waals surface area contributed by atoms with Crippen molar-refractivity contribution >= 4 is 49.1 Å². The summed E-state index contributed by atoms with van der Waals surface area (Å²) in [6.07, 6.45) is 1.22. The maximum atomic E-state index is 11.9. The number of carbonyl (C=O) groups excluding carboxylic acids is 1. The Balaban J connectivity index is 1.93. The summed E-state index contributed by atoms with van der Waals surface area (Å²) < 4.78 is 52.0. The van der Waals surface area contributed by atoms with Crippen LogP contribution in [0.1, 0.15) is 11.1 Å². The highest BCUT2D eigenvalue weighted by Crippen LogP contribution is 2.34. The minimum atomic E-state index is -4.04. The molecular formula is C16H16ClN3O6S2. The first-order valence-electron chi connectivity index (χ1n) is 7.86. The van der Waals surface area contributed by atoms with Crippen LogP contribution in [-0.2, 0) is 31.4 Å². The molecule has 0 aromatic heterocycles. The normalized spacial score (nSPS) is 16.1. The van der Waals surface area contributed by atoms with Crippen LogP contribution >= 0.6 is 11.6 Å². The summed E-state index contributed by atoms with van der Waals surface area (Å²) in [7, 11) is -7.59. The molecule has 0 bridgehead atoms. The van der Waals surface area contributed by atoms with Gasteiger partial charge in [0.15, 0.2) is 0 Å². The number of nitrogens with zero attached hydrogens (tertiary/aromatic N) is 1. The molecule has 0 unspecified atom stereocenters. The average molecular weight is 446 g/mol. The Kier molecular flexibility index (Phi) is 5.17. The molecule has 1 saturated heterocycles. The van der Waals surface area contributed by atoms with Gasteiger partial charge in [0.25, 0.3) is 5.91 Å². The lowest BCUT2D eigenvalue weighted by Crippen LogP contribution is -2.29. The third-order valence-corrected chi connectivity index (χ3v) is 6.19. The van der Waals surface area contributed by atoms with Gasteiger partial charge in [-0.2, -0.15) is 8.42 Å². The minimum absolute atomic E-state index is 0.0392. The summed E-state index contributed by atoms with van der Waals surface area (Å²) in [5, 5.41) is 10.5. The molecule has 150 valence electrons. The Hall–Kier alpha value is -2.50. The predicted octanol–water partition coefficient (Wildman–Crippen LogP) is 1.19. The molecule has 1 amide bonds. The number of aromatic hydroxyl groups is 1. The number of benzene rings is 2. The van der Waals surface area contributed by atoms with Crippen molar-refractivity contribution in [2.45, 2.75) is 6.42 Å². The summed E-state index contributed by atoms with van der Waals surface area (Å²) in [6.45, 7) is -0.425. The van der Waals surface area contributed by atoms with Gasteiger partial charge in [-0.3, -0.25) is 9.52 Å². The van der Waals surface area contributed by atoms with E-state index in [1.165, 1.54) is 12.1 Å². The molecule has 3 rings (SSSR count). The monoisotopic (exact) mass is 445 g/mol. The lowest BCUT2D eigenvalue weighted by molar-refractivity contribution is -0.117. The zero-order valence-electron chi connectivity index (χ0n) is 14.5. The maximum absolute atomic E-state index is 11.9. The fourth-order valence-corrected chi connectivity index (χ4v) is 4.86. The molecule has 0 saturated carbocycles. The van der Waals surface area contributed by atoms with Gasteiger partial charge in [0, 0.05) is 0 Å². The number of hydrogen-bond acceptors (Lipinski definition) is 6. The maximum Gasteiger partial charge on any atom is 0.326 e. The van der Waals surface area contributed by atoms with Crippen LogP contribution in [0.25, 0.3) is 0 Å². The molecule has 2 aromatic carbocycles. The van der Waals surface area contributed by atoms with E-state index in [9.17, 15) is 26.7 Å². The summed E-state index contributed by atoms with van der Waals surface area (Å²) in [4.78, 5) is 11.4. The van der Waals surface area contributed by atoms with E-state index in [1.807, 2.05) is 4.72 Å². The second-order valence-electron chi connectivity index (χ2n) is 6.18. The van der Waals surface area contributed by atoms with Crippen LogP contribution < -0.4 is 13.7 Å². The smallest absolute Gasteiger partial charge is 0.326 e. The Bertz CT molecular complexity index is 1160. The molecule has 9 nitrogen and oxygen atoms in total. The van der Waals surface area contributed by atoms with Gasteiger partial charge < -0.3 is 5.11 Å². The lowest BCUT2D eigenvalue weighted by atomic mass is 10.0. The van der Waals surface area contributed by atoms with Gasteiger partial charge >= 0.3 is 10.2 Å². The van der Waals surface area contributed by atoms with E-state index in [0.717, 1.165) is 10.6 Å². The first-order chi connectivity index (χ1) is 13.0. The largest absolute Gasteiger partial charge is 0.506 e. The van der Waals surface area contributed by atoms with Crippen LogP contribution in [0.4, 0.5) is 11.4 Å². The molecular weight excluding hydrogens is 430 g/mol. The van der Waals surface area contributed by atoms with E-state index in [0.29, 0.717) is 11.1 Å². The van der Waals surface area contributed by atoms with Crippen molar-refractivity contribution in [1.29, 1.82) is 0 Å². The van der Waals surface area contributed by atoms with Crippen LogP contribution in [0.3, 0.4) is 0 Å². The second kappa shape index (κ2) is 7.15. The van der Waals surface area contributed by atoms with Gasteiger partial charge in [0.05, 0.1) is 22.7 Å². The van der Waals surface area contributed by atoms with E-state index in [4.69, 9.17) is 11.6 Å². The number of phenolic OH excluding ortho intramolecular Hbond substituents is 1. The molecule has 12 heteroatoms. The fraction of sp³-hybridized carbons (Fsp3) is 0.188. The fourth-order valence-electron chi connectivity index (χ4n) is 2.79. The number of sulfonamides is 1. The molecule has 0 radical (unpaired) electrons. The Labute approximate surface area is 167 Å². The highest BCUT2D eigenvalue weighted by Gasteiger charge is 2.35. The van der Waals surface area contributed by atoms with Crippen LogP contribution in [0.15, 0.2) is 36.4 Å². The standard InChI is InChI=1S/C16H16ClN3O6S2/c1-27(23,24)19-16-11(3-2-4-12(16)17)7-10-5-6-13(14(21)8-10)20-9-15(22)18-28(20,25)26/h2-6,8,19,21H,7,9H2,1H3,(H,18,22). The number of hydrogen-bond donors (Lipinski definition) is 3. The molecule has 1 aliphatic rings. The first kappa shape index (κ1) is 20.2. The summed E-state index contributed by atoms with van der Waals surface area (Å²) >= 11 is 6.10. The van der Waals surface area contributed by atoms with Gasteiger partial charge in [0.1, 0.15) is 12.3 Å². The SMILES string of the molecule is CS(=O)(=O)Nc1c(Cl)cccc1Cc1ccc(N2CC(=O)NS2(=O)=O)c(O)c1. The number of amides is 1. The molecule has 3 N–H and O–H groups in total. The van der Waals surface area contributed by atoms with Crippen molar-refractivity contribution < 1.29 is 26.7 Å². The summed E-state index contributed by atoms with van der Waals surface area (Å²) in [5.41, 5.74) is 1.33. The number of carbonyl (C=O) groups is 1. The number of rotatable bonds is 5. The predicted molar refractivity (Wildman–Crippen MR) is 105 cm³/mol. The van der Waals surface area contributed by atoms with Gasteiger partial charge in [-0.15, -0.1) is 0 Å². The van der Waals surface area contributed by atoms with Gasteiger partial charge in [-0.25, -0.2) is 17.4 Å². The van der Waals surface area contributed by atoms with E-state index >= 15 is 0 Å². The van der Waals surface area contributed by atoms with Crippen molar-refractivity contribution in [2.75, 3.05) is 21.8 Å². The topological polar surface area (TPSA) is 133 Å². The van der Waals surface area contributed by atoms with Gasteiger partial charge in [0.2, 0.25) is 10.0 Å². The average Bonchev–Trinajstić information content (AvgIpc) is 2.82. The molecule has 0 atom stereocenters. The van der Waals surface area contributed by atoms with E-state index in [2.05, 4.69) is 4.72 Å². The Morgan fingerprint density at radius 3 is 2.57 bits per heavy atom. The Morgan fingerprint density at radius 1 is 1.29 bits per heavy atom. The molecule has 1 aliphatic heterocycles. The number of halogens is 1. The summed E-state index contributed by atoms with van der Waals surface area (Å²) in [5.74, 6) is -1.03. The third-order valence-electron chi connectivity index (χ3n) is 3.91. The zero-order valence-corrected chi connectivity index (χ0v) is 16.9. The van der Waals surface area contributed by atoms with Crippen LogP contribution in [-0.4, -0.2) is 40.6 Å². The van der Waals surface area contributed by atoms with Crippen molar-refractivity contribution in [2.24, 2.45) is 0 Å². The van der Waals surface area contributed by atoms with E-state index in [-0.39, 0.29) is 28.6 Å². The minimum Gasteiger partial charge on any atom is -0.506 e. The van der Waals surface area contributed by atoms with Crippen LogP contribution in [0, 0.1) is 0 Å². The highest BCUT2D eigenvalue weighted by atomic mass is 35.5. The van der Waals surface area contributed by atoms with E-state index < -0.39 is 32.7 Å². The van der Waals surface area contributed by atoms with Crippen molar-refractivity contribution in [3.63, 3.8) is 0 Å². The molecule has 2 aromatic rings. The number of para-hydroxylation sites is 1. The molecule has 1 heterocycles. The highest BCUT2D eigenvalue weighted by molar-refractivity contribution is 7.92.